The fourth-order valence-corrected chi connectivity index (χ4v) is 3.15. The average molecular weight is 307 g/mol. The molecule has 0 radical (unpaired) electrons. The van der Waals surface area contributed by atoms with Crippen molar-refractivity contribution >= 4 is 17.2 Å². The lowest BCUT2D eigenvalue weighted by Crippen LogP contribution is -2.51. The van der Waals surface area contributed by atoms with Gasteiger partial charge in [-0.25, -0.2) is 0 Å². The van der Waals surface area contributed by atoms with E-state index in [2.05, 4.69) is 18.8 Å². The quantitative estimate of drug-likeness (QED) is 0.870. The highest BCUT2D eigenvalue weighted by Crippen LogP contribution is 2.23. The van der Waals surface area contributed by atoms with Crippen LogP contribution in [0.1, 0.15) is 41.9 Å². The predicted molar refractivity (Wildman–Crippen MR) is 83.4 cm³/mol. The molecule has 2 heterocycles. The number of hydrogen-bond donors (Lipinski definition) is 1. The van der Waals surface area contributed by atoms with Crippen LogP contribution in [0.2, 0.25) is 0 Å². The highest BCUT2D eigenvalue weighted by atomic mass is 32.1. The van der Waals surface area contributed by atoms with E-state index in [0.717, 1.165) is 12.0 Å². The van der Waals surface area contributed by atoms with E-state index in [-0.39, 0.29) is 24.7 Å². The Labute approximate surface area is 129 Å². The van der Waals surface area contributed by atoms with Gasteiger partial charge >= 0.3 is 0 Å². The van der Waals surface area contributed by atoms with Crippen LogP contribution in [0.5, 0.6) is 0 Å². The largest absolute Gasteiger partial charge is 0.395 e. The second kappa shape index (κ2) is 7.60. The lowest BCUT2D eigenvalue weighted by Gasteiger charge is -2.38. The number of thiophene rings is 1. The number of morpholine rings is 1. The molecule has 21 heavy (non-hydrogen) atoms. The third-order valence-corrected chi connectivity index (χ3v) is 4.42. The number of aliphatic hydroxyl groups excluding tert-OH is 1. The minimum absolute atomic E-state index is 0.0410. The summed E-state index contributed by atoms with van der Waals surface area (Å²) in [5.74, 6) is 5.90. The topological polar surface area (TPSA) is 49.8 Å². The fourth-order valence-electron chi connectivity index (χ4n) is 2.35. The summed E-state index contributed by atoms with van der Waals surface area (Å²) in [6.07, 6.45) is 1.38. The third kappa shape index (κ3) is 3.85. The van der Waals surface area contributed by atoms with Crippen LogP contribution in [0.25, 0.3) is 0 Å². The van der Waals surface area contributed by atoms with Crippen LogP contribution in [-0.2, 0) is 4.74 Å². The number of amides is 1. The van der Waals surface area contributed by atoms with Gasteiger partial charge < -0.3 is 14.7 Å². The van der Waals surface area contributed by atoms with Crippen LogP contribution in [0.3, 0.4) is 0 Å². The summed E-state index contributed by atoms with van der Waals surface area (Å²) in [6.45, 7) is 5.32. The van der Waals surface area contributed by atoms with Gasteiger partial charge in [0.2, 0.25) is 0 Å². The van der Waals surface area contributed by atoms with Crippen LogP contribution < -0.4 is 0 Å². The van der Waals surface area contributed by atoms with E-state index in [1.165, 1.54) is 11.3 Å². The summed E-state index contributed by atoms with van der Waals surface area (Å²) in [5, 5.41) is 10.7. The Morgan fingerprint density at radius 3 is 3.14 bits per heavy atom. The molecular weight excluding hydrogens is 286 g/mol. The summed E-state index contributed by atoms with van der Waals surface area (Å²) < 4.78 is 5.64. The summed E-state index contributed by atoms with van der Waals surface area (Å²) >= 11 is 1.43. The maximum Gasteiger partial charge on any atom is 0.265 e. The van der Waals surface area contributed by atoms with Crippen molar-refractivity contribution in [3.8, 4) is 11.8 Å². The molecule has 114 valence electrons. The van der Waals surface area contributed by atoms with Crippen molar-refractivity contribution in [1.29, 1.82) is 0 Å². The van der Waals surface area contributed by atoms with Crippen molar-refractivity contribution in [1.82, 2.24) is 4.90 Å². The lowest BCUT2D eigenvalue weighted by molar-refractivity contribution is -0.0442. The van der Waals surface area contributed by atoms with Crippen molar-refractivity contribution in [2.75, 3.05) is 19.8 Å². The summed E-state index contributed by atoms with van der Waals surface area (Å²) in [6, 6.07) is 2.00. The molecule has 1 amide bonds. The molecule has 0 spiro atoms. The first-order valence-electron chi connectivity index (χ1n) is 7.27. The Morgan fingerprint density at radius 2 is 2.43 bits per heavy atom. The molecule has 0 aliphatic carbocycles. The van der Waals surface area contributed by atoms with Crippen molar-refractivity contribution < 1.29 is 14.6 Å². The molecule has 1 fully saturated rings. The smallest absolute Gasteiger partial charge is 0.265 e. The van der Waals surface area contributed by atoms with Gasteiger partial charge in [0, 0.05) is 18.5 Å². The van der Waals surface area contributed by atoms with Gasteiger partial charge in [0.25, 0.3) is 5.91 Å². The monoisotopic (exact) mass is 307 g/mol. The maximum absolute atomic E-state index is 12.8. The van der Waals surface area contributed by atoms with Gasteiger partial charge in [0.1, 0.15) is 4.88 Å². The molecule has 2 atom stereocenters. The van der Waals surface area contributed by atoms with E-state index >= 15 is 0 Å². The first kappa shape index (κ1) is 16.0. The SMILES string of the molecule is CCC1COC(C)CN1C(=O)c1sccc1C#CCCO. The molecule has 1 aliphatic rings. The van der Waals surface area contributed by atoms with E-state index < -0.39 is 0 Å². The zero-order chi connectivity index (χ0) is 15.2. The van der Waals surface area contributed by atoms with Gasteiger partial charge in [-0.2, -0.15) is 0 Å². The van der Waals surface area contributed by atoms with E-state index in [1.54, 1.807) is 0 Å². The molecule has 2 unspecified atom stereocenters. The van der Waals surface area contributed by atoms with Gasteiger partial charge in [-0.15, -0.1) is 11.3 Å². The molecule has 0 bridgehead atoms. The highest BCUT2D eigenvalue weighted by Gasteiger charge is 2.31. The minimum atomic E-state index is 0.0410. The Morgan fingerprint density at radius 1 is 1.62 bits per heavy atom. The van der Waals surface area contributed by atoms with Crippen LogP contribution in [0.4, 0.5) is 0 Å². The predicted octanol–water partition coefficient (Wildman–Crippen LogP) is 2.12. The van der Waals surface area contributed by atoms with E-state index in [9.17, 15) is 4.79 Å². The van der Waals surface area contributed by atoms with Crippen LogP contribution in [0.15, 0.2) is 11.4 Å². The molecule has 0 saturated carbocycles. The standard InChI is InChI=1S/C16H21NO3S/c1-3-14-11-20-12(2)10-17(14)16(19)15-13(7-9-21-15)6-4-5-8-18/h7,9,12,14,18H,3,5,8,10-11H2,1-2H3. The molecule has 5 heteroatoms. The Kier molecular flexibility index (Phi) is 5.80. The van der Waals surface area contributed by atoms with Crippen LogP contribution in [0, 0.1) is 11.8 Å². The maximum atomic E-state index is 12.8. The number of nitrogens with zero attached hydrogens (tertiary/aromatic N) is 1. The van der Waals surface area contributed by atoms with E-state index in [0.29, 0.717) is 24.4 Å². The molecule has 1 aliphatic heterocycles. The Bertz CT molecular complexity index is 543. The first-order chi connectivity index (χ1) is 10.2. The summed E-state index contributed by atoms with van der Waals surface area (Å²) in [5.41, 5.74) is 0.757. The van der Waals surface area contributed by atoms with Gasteiger partial charge in [-0.3, -0.25) is 4.79 Å². The molecule has 0 aromatic carbocycles. The number of aliphatic hydroxyl groups is 1. The number of carbonyl (C=O) groups excluding carboxylic acids is 1. The second-order valence-corrected chi connectivity index (χ2v) is 6.02. The molecule has 2 rings (SSSR count). The minimum Gasteiger partial charge on any atom is -0.395 e. The van der Waals surface area contributed by atoms with Gasteiger partial charge in [0.05, 0.1) is 25.4 Å². The second-order valence-electron chi connectivity index (χ2n) is 5.10. The fraction of sp³-hybridized carbons (Fsp3) is 0.562. The summed E-state index contributed by atoms with van der Waals surface area (Å²) in [7, 11) is 0. The third-order valence-electron chi connectivity index (χ3n) is 3.52. The molecule has 1 N–H and O–H groups in total. The Balaban J connectivity index is 2.19. The lowest BCUT2D eigenvalue weighted by atomic mass is 10.1. The van der Waals surface area contributed by atoms with Crippen LogP contribution in [-0.4, -0.2) is 47.8 Å². The number of rotatable bonds is 3. The van der Waals surface area contributed by atoms with Crippen LogP contribution >= 0.6 is 11.3 Å². The van der Waals surface area contributed by atoms with Crippen molar-refractivity contribution in [2.45, 2.75) is 38.8 Å². The zero-order valence-corrected chi connectivity index (χ0v) is 13.3. The first-order valence-corrected chi connectivity index (χ1v) is 8.15. The molecule has 4 nitrogen and oxygen atoms in total. The van der Waals surface area contributed by atoms with Gasteiger partial charge in [0.15, 0.2) is 0 Å². The highest BCUT2D eigenvalue weighted by molar-refractivity contribution is 7.12. The zero-order valence-electron chi connectivity index (χ0n) is 12.5. The van der Waals surface area contributed by atoms with Crippen molar-refractivity contribution in [2.24, 2.45) is 0 Å². The molecule has 1 aromatic rings. The number of carbonyl (C=O) groups is 1. The normalized spacial score (nSPS) is 21.8. The molecule has 1 saturated heterocycles. The number of hydrogen-bond acceptors (Lipinski definition) is 4. The molecular formula is C16H21NO3S. The summed E-state index contributed by atoms with van der Waals surface area (Å²) in [4.78, 5) is 15.4. The van der Waals surface area contributed by atoms with E-state index in [4.69, 9.17) is 9.84 Å². The Hall–Kier alpha value is -1.35. The van der Waals surface area contributed by atoms with Gasteiger partial charge in [-0.05, 0) is 24.8 Å². The number of ether oxygens (including phenoxy) is 1. The van der Waals surface area contributed by atoms with Crippen molar-refractivity contribution in [3.05, 3.63) is 21.9 Å². The van der Waals surface area contributed by atoms with Crippen molar-refractivity contribution in [3.63, 3.8) is 0 Å². The average Bonchev–Trinajstić information content (AvgIpc) is 2.95. The molecule has 1 aromatic heterocycles. The van der Waals surface area contributed by atoms with E-state index in [1.807, 2.05) is 23.3 Å². The van der Waals surface area contributed by atoms with Gasteiger partial charge in [-0.1, -0.05) is 18.8 Å².